The van der Waals surface area contributed by atoms with Gasteiger partial charge in [0.2, 0.25) is 10.0 Å². The molecule has 0 aromatic heterocycles. The molecule has 0 aliphatic carbocycles. The minimum Gasteiger partial charge on any atom is -0.493 e. The summed E-state index contributed by atoms with van der Waals surface area (Å²) in [5, 5.41) is 3.97. The second-order valence-electron chi connectivity index (χ2n) is 8.69. The van der Waals surface area contributed by atoms with Crippen molar-refractivity contribution in [2.24, 2.45) is 5.10 Å². The molecule has 1 amide bonds. The van der Waals surface area contributed by atoms with Gasteiger partial charge in [-0.1, -0.05) is 60.7 Å². The molecule has 10 heteroatoms. The van der Waals surface area contributed by atoms with Crippen LogP contribution in [0.1, 0.15) is 16.7 Å². The van der Waals surface area contributed by atoms with Crippen molar-refractivity contribution in [1.82, 2.24) is 9.73 Å². The zero-order valence-electron chi connectivity index (χ0n) is 21.7. The lowest BCUT2D eigenvalue weighted by molar-refractivity contribution is -0.121. The largest absolute Gasteiger partial charge is 0.493 e. The van der Waals surface area contributed by atoms with Gasteiger partial charge in [0.15, 0.2) is 11.5 Å². The molecule has 4 aromatic carbocycles. The number of amides is 1. The van der Waals surface area contributed by atoms with Crippen molar-refractivity contribution in [3.63, 3.8) is 0 Å². The Morgan fingerprint density at radius 3 is 2.20 bits per heavy atom. The molecular weight excluding hydrogens is 533 g/mol. The van der Waals surface area contributed by atoms with E-state index in [2.05, 4.69) is 10.5 Å². The Kier molecular flexibility index (Phi) is 9.61. The van der Waals surface area contributed by atoms with Gasteiger partial charge in [-0.2, -0.15) is 9.41 Å². The van der Waals surface area contributed by atoms with E-state index >= 15 is 0 Å². The van der Waals surface area contributed by atoms with Gasteiger partial charge in [0, 0.05) is 6.54 Å². The summed E-state index contributed by atoms with van der Waals surface area (Å²) in [6.07, 6.45) is 1.41. The van der Waals surface area contributed by atoms with E-state index in [-0.39, 0.29) is 11.4 Å². The number of hydrogen-bond donors (Lipinski definition) is 1. The van der Waals surface area contributed by atoms with Gasteiger partial charge in [-0.15, -0.1) is 0 Å². The van der Waals surface area contributed by atoms with Crippen LogP contribution in [0.25, 0.3) is 0 Å². The molecular formula is C30H28FN3O5S. The van der Waals surface area contributed by atoms with Crippen LogP contribution in [-0.4, -0.2) is 38.5 Å². The molecule has 0 radical (unpaired) electrons. The zero-order chi connectivity index (χ0) is 28.4. The average Bonchev–Trinajstić information content (AvgIpc) is 2.97. The first kappa shape index (κ1) is 28.5. The summed E-state index contributed by atoms with van der Waals surface area (Å²) in [4.78, 5) is 12.6. The molecule has 0 saturated heterocycles. The van der Waals surface area contributed by atoms with E-state index in [1.165, 1.54) is 25.5 Å². The minimum absolute atomic E-state index is 0.0562. The maximum atomic E-state index is 13.4. The molecule has 4 aromatic rings. The molecule has 8 nitrogen and oxygen atoms in total. The van der Waals surface area contributed by atoms with Gasteiger partial charge in [0.1, 0.15) is 12.4 Å². The number of nitrogens with one attached hydrogen (secondary N) is 1. The number of carbonyl (C=O) groups is 1. The molecule has 0 heterocycles. The molecule has 0 fully saturated rings. The standard InChI is InChI=1S/C30H28FN3O5S/c1-38-29-18-25(12-17-28(29)39-22-24-10-6-3-7-11-24)19-32-33-30(35)21-34(20-23-8-4-2-5-9-23)40(36,37)27-15-13-26(31)14-16-27/h2-19H,20-22H2,1H3,(H,33,35)/b32-19-. The smallest absolute Gasteiger partial charge is 0.255 e. The Hall–Kier alpha value is -4.54. The molecule has 0 atom stereocenters. The maximum absolute atomic E-state index is 13.4. The topological polar surface area (TPSA) is 97.3 Å². The van der Waals surface area contributed by atoms with Gasteiger partial charge in [-0.25, -0.2) is 18.2 Å². The first-order chi connectivity index (χ1) is 19.3. The Balaban J connectivity index is 1.42. The van der Waals surface area contributed by atoms with Crippen LogP contribution in [0.3, 0.4) is 0 Å². The number of halogens is 1. The van der Waals surface area contributed by atoms with E-state index in [9.17, 15) is 17.6 Å². The van der Waals surface area contributed by atoms with Crippen molar-refractivity contribution >= 4 is 22.1 Å². The van der Waals surface area contributed by atoms with Crippen LogP contribution in [-0.2, 0) is 28.0 Å². The van der Waals surface area contributed by atoms with Crippen molar-refractivity contribution in [3.8, 4) is 11.5 Å². The quantitative estimate of drug-likeness (QED) is 0.199. The predicted molar refractivity (Wildman–Crippen MR) is 150 cm³/mol. The molecule has 1 N–H and O–H groups in total. The Morgan fingerprint density at radius 1 is 0.900 bits per heavy atom. The summed E-state index contributed by atoms with van der Waals surface area (Å²) in [5.41, 5.74) is 4.70. The van der Waals surface area contributed by atoms with Gasteiger partial charge in [0.25, 0.3) is 5.91 Å². The lowest BCUT2D eigenvalue weighted by atomic mass is 10.2. The molecule has 206 valence electrons. The molecule has 0 bridgehead atoms. The number of hydrogen-bond acceptors (Lipinski definition) is 6. The normalized spacial score (nSPS) is 11.5. The Morgan fingerprint density at radius 2 is 1.55 bits per heavy atom. The summed E-state index contributed by atoms with van der Waals surface area (Å²) >= 11 is 0. The molecule has 0 saturated carbocycles. The van der Waals surface area contributed by atoms with Crippen LogP contribution < -0.4 is 14.9 Å². The van der Waals surface area contributed by atoms with E-state index in [0.717, 1.165) is 22.0 Å². The molecule has 0 aliphatic rings. The maximum Gasteiger partial charge on any atom is 0.255 e. The molecule has 0 aliphatic heterocycles. The number of carbonyl (C=O) groups excluding carboxylic acids is 1. The third-order valence-electron chi connectivity index (χ3n) is 5.80. The van der Waals surface area contributed by atoms with E-state index in [1.54, 1.807) is 48.5 Å². The van der Waals surface area contributed by atoms with Crippen LogP contribution in [0, 0.1) is 5.82 Å². The van der Waals surface area contributed by atoms with Gasteiger partial charge in [-0.3, -0.25) is 4.79 Å². The molecule has 0 spiro atoms. The fraction of sp³-hybridized carbons (Fsp3) is 0.133. The Bertz CT molecular complexity index is 1550. The predicted octanol–water partition coefficient (Wildman–Crippen LogP) is 4.75. The van der Waals surface area contributed by atoms with Crippen molar-refractivity contribution in [2.75, 3.05) is 13.7 Å². The monoisotopic (exact) mass is 561 g/mol. The summed E-state index contributed by atoms with van der Waals surface area (Å²) < 4.78 is 52.3. The highest BCUT2D eigenvalue weighted by atomic mass is 32.2. The highest BCUT2D eigenvalue weighted by Crippen LogP contribution is 2.28. The number of rotatable bonds is 12. The highest BCUT2D eigenvalue weighted by molar-refractivity contribution is 7.89. The lowest BCUT2D eigenvalue weighted by Gasteiger charge is -2.21. The first-order valence-corrected chi connectivity index (χ1v) is 13.8. The average molecular weight is 562 g/mol. The fourth-order valence-corrected chi connectivity index (χ4v) is 5.15. The minimum atomic E-state index is -4.10. The SMILES string of the molecule is COc1cc(/C=N\NC(=O)CN(Cc2ccccc2)S(=O)(=O)c2ccc(F)cc2)ccc1OCc1ccccc1. The second-order valence-corrected chi connectivity index (χ2v) is 10.6. The van der Waals surface area contributed by atoms with Crippen molar-refractivity contribution in [3.05, 3.63) is 126 Å². The summed E-state index contributed by atoms with van der Waals surface area (Å²) in [6, 6.07) is 28.2. The number of ether oxygens (including phenoxy) is 2. The van der Waals surface area contributed by atoms with E-state index in [1.807, 2.05) is 30.3 Å². The van der Waals surface area contributed by atoms with Crippen molar-refractivity contribution in [1.29, 1.82) is 0 Å². The number of benzene rings is 4. The van der Waals surface area contributed by atoms with Crippen LogP contribution in [0.15, 0.2) is 113 Å². The van der Waals surface area contributed by atoms with E-state index < -0.39 is 28.3 Å². The van der Waals surface area contributed by atoms with Gasteiger partial charge in [-0.05, 0) is 59.2 Å². The number of sulfonamides is 1. The summed E-state index contributed by atoms with van der Waals surface area (Å²) in [6.45, 7) is -0.179. The third-order valence-corrected chi connectivity index (χ3v) is 7.61. The van der Waals surface area contributed by atoms with Crippen LogP contribution in [0.2, 0.25) is 0 Å². The zero-order valence-corrected chi connectivity index (χ0v) is 22.6. The third kappa shape index (κ3) is 7.75. The van der Waals surface area contributed by atoms with E-state index in [0.29, 0.717) is 29.2 Å². The molecule has 40 heavy (non-hydrogen) atoms. The van der Waals surface area contributed by atoms with Crippen LogP contribution in [0.4, 0.5) is 4.39 Å². The van der Waals surface area contributed by atoms with Gasteiger partial charge in [0.05, 0.1) is 24.8 Å². The lowest BCUT2D eigenvalue weighted by Crippen LogP contribution is -2.39. The van der Waals surface area contributed by atoms with E-state index in [4.69, 9.17) is 9.47 Å². The van der Waals surface area contributed by atoms with Crippen LogP contribution in [0.5, 0.6) is 11.5 Å². The summed E-state index contributed by atoms with van der Waals surface area (Å²) in [7, 11) is -2.58. The van der Waals surface area contributed by atoms with Crippen LogP contribution >= 0.6 is 0 Å². The van der Waals surface area contributed by atoms with Gasteiger partial charge >= 0.3 is 0 Å². The second kappa shape index (κ2) is 13.5. The number of nitrogens with zero attached hydrogens (tertiary/aromatic N) is 2. The summed E-state index contributed by atoms with van der Waals surface area (Å²) in [5.74, 6) is -0.165. The first-order valence-electron chi connectivity index (χ1n) is 12.3. The fourth-order valence-electron chi connectivity index (χ4n) is 3.76. The number of hydrazone groups is 1. The molecule has 0 unspecified atom stereocenters. The van der Waals surface area contributed by atoms with Crippen molar-refractivity contribution < 1.29 is 27.1 Å². The highest BCUT2D eigenvalue weighted by Gasteiger charge is 2.27. The van der Waals surface area contributed by atoms with Gasteiger partial charge < -0.3 is 9.47 Å². The Labute approximate surface area is 232 Å². The number of methoxy groups -OCH3 is 1. The molecule has 4 rings (SSSR count). The van der Waals surface area contributed by atoms with Crippen molar-refractivity contribution in [2.45, 2.75) is 18.0 Å².